The predicted octanol–water partition coefficient (Wildman–Crippen LogP) is 1.99. The van der Waals surface area contributed by atoms with Crippen LogP contribution in [0.1, 0.15) is 12.0 Å². The zero-order valence-corrected chi connectivity index (χ0v) is 14.4. The number of nitrogens with two attached hydrogens (primary N) is 1. The molecule has 0 saturated carbocycles. The van der Waals surface area contributed by atoms with Gasteiger partial charge < -0.3 is 10.1 Å². The van der Waals surface area contributed by atoms with Crippen LogP contribution in [0, 0.1) is 0 Å². The number of methoxy groups -OCH3 is 1. The van der Waals surface area contributed by atoms with Crippen LogP contribution in [-0.2, 0) is 16.6 Å². The SMILES string of the molecule is COc1c(Br)cc(Br)cc1CNCCCS(N)(=O)=O. The Bertz CT molecular complexity index is 535. The summed E-state index contributed by atoms with van der Waals surface area (Å²) in [6.07, 6.45) is 0.482. The second-order valence-corrected chi connectivity index (χ2v) is 7.48. The van der Waals surface area contributed by atoms with Gasteiger partial charge in [0.1, 0.15) is 5.75 Å². The quantitative estimate of drug-likeness (QED) is 0.667. The molecule has 0 aliphatic carbocycles. The maximum atomic E-state index is 10.8. The molecule has 0 spiro atoms. The monoisotopic (exact) mass is 414 g/mol. The Morgan fingerprint density at radius 1 is 1.37 bits per heavy atom. The third-order valence-electron chi connectivity index (χ3n) is 2.39. The molecule has 0 fully saturated rings. The van der Waals surface area contributed by atoms with Crippen LogP contribution in [0.25, 0.3) is 0 Å². The van der Waals surface area contributed by atoms with E-state index in [9.17, 15) is 8.42 Å². The Morgan fingerprint density at radius 3 is 2.63 bits per heavy atom. The number of hydrogen-bond donors (Lipinski definition) is 2. The fraction of sp³-hybridized carbons (Fsp3) is 0.455. The minimum atomic E-state index is -3.38. The van der Waals surface area contributed by atoms with Crippen LogP contribution in [0.2, 0.25) is 0 Å². The molecule has 0 aromatic heterocycles. The standard InChI is InChI=1S/C11H16Br2N2O3S/c1-18-11-8(5-9(12)6-10(11)13)7-15-3-2-4-19(14,16)17/h5-6,15H,2-4,7H2,1H3,(H2,14,16,17). The molecule has 1 rings (SSSR count). The summed E-state index contributed by atoms with van der Waals surface area (Å²) in [6, 6.07) is 3.86. The maximum Gasteiger partial charge on any atom is 0.209 e. The van der Waals surface area contributed by atoms with E-state index in [-0.39, 0.29) is 5.75 Å². The third kappa shape index (κ3) is 6.22. The molecule has 1 aromatic rings. The van der Waals surface area contributed by atoms with E-state index in [1.165, 1.54) is 0 Å². The predicted molar refractivity (Wildman–Crippen MR) is 82.7 cm³/mol. The van der Waals surface area contributed by atoms with Gasteiger partial charge in [-0.15, -0.1) is 0 Å². The Hall–Kier alpha value is -0.150. The van der Waals surface area contributed by atoms with Crippen molar-refractivity contribution in [1.29, 1.82) is 0 Å². The van der Waals surface area contributed by atoms with Gasteiger partial charge in [-0.25, -0.2) is 13.6 Å². The molecular weight excluding hydrogens is 400 g/mol. The highest BCUT2D eigenvalue weighted by molar-refractivity contribution is 9.11. The number of primary sulfonamides is 1. The van der Waals surface area contributed by atoms with E-state index in [1.807, 2.05) is 12.1 Å². The first-order valence-corrected chi connectivity index (χ1v) is 8.86. The average molecular weight is 416 g/mol. The Balaban J connectivity index is 2.54. The molecule has 8 heteroatoms. The summed E-state index contributed by atoms with van der Waals surface area (Å²) in [5.74, 6) is 0.751. The number of sulfonamides is 1. The van der Waals surface area contributed by atoms with Gasteiger partial charge in [0.2, 0.25) is 10.0 Å². The second kappa shape index (κ2) is 7.58. The third-order valence-corrected chi connectivity index (χ3v) is 4.29. The van der Waals surface area contributed by atoms with Crippen molar-refractivity contribution in [3.8, 4) is 5.75 Å². The van der Waals surface area contributed by atoms with Gasteiger partial charge in [0.05, 0.1) is 17.3 Å². The summed E-state index contributed by atoms with van der Waals surface area (Å²) in [5, 5.41) is 8.09. The molecule has 0 radical (unpaired) electrons. The maximum absolute atomic E-state index is 10.8. The van der Waals surface area contributed by atoms with Gasteiger partial charge in [0.25, 0.3) is 0 Å². The average Bonchev–Trinajstić information content (AvgIpc) is 2.26. The topological polar surface area (TPSA) is 81.4 Å². The van der Waals surface area contributed by atoms with Crippen molar-refractivity contribution in [1.82, 2.24) is 5.32 Å². The highest BCUT2D eigenvalue weighted by atomic mass is 79.9. The normalized spacial score (nSPS) is 11.6. The van der Waals surface area contributed by atoms with E-state index >= 15 is 0 Å². The smallest absolute Gasteiger partial charge is 0.209 e. The van der Waals surface area contributed by atoms with Crippen molar-refractivity contribution in [2.75, 3.05) is 19.4 Å². The van der Waals surface area contributed by atoms with Gasteiger partial charge in [0.15, 0.2) is 0 Å². The van der Waals surface area contributed by atoms with E-state index in [2.05, 4.69) is 37.2 Å². The van der Waals surface area contributed by atoms with E-state index in [1.54, 1.807) is 7.11 Å². The van der Waals surface area contributed by atoms with E-state index in [4.69, 9.17) is 9.88 Å². The summed E-state index contributed by atoms with van der Waals surface area (Å²) < 4.78 is 28.7. The van der Waals surface area contributed by atoms with Gasteiger partial charge in [-0.2, -0.15) is 0 Å². The zero-order valence-electron chi connectivity index (χ0n) is 10.4. The first-order chi connectivity index (χ1) is 8.83. The fourth-order valence-corrected chi connectivity index (χ4v) is 3.62. The van der Waals surface area contributed by atoms with Crippen molar-refractivity contribution in [3.05, 3.63) is 26.6 Å². The molecule has 0 saturated heterocycles. The van der Waals surface area contributed by atoms with Crippen molar-refractivity contribution < 1.29 is 13.2 Å². The largest absolute Gasteiger partial charge is 0.495 e. The lowest BCUT2D eigenvalue weighted by Gasteiger charge is -2.12. The molecule has 3 N–H and O–H groups in total. The van der Waals surface area contributed by atoms with Gasteiger partial charge in [-0.3, -0.25) is 0 Å². The van der Waals surface area contributed by atoms with Crippen molar-refractivity contribution in [2.24, 2.45) is 5.14 Å². The minimum Gasteiger partial charge on any atom is -0.495 e. The van der Waals surface area contributed by atoms with Crippen LogP contribution in [0.3, 0.4) is 0 Å². The second-order valence-electron chi connectivity index (χ2n) is 3.98. The molecule has 0 amide bonds. The van der Waals surface area contributed by atoms with Gasteiger partial charge in [-0.1, -0.05) is 15.9 Å². The number of hydrogen-bond acceptors (Lipinski definition) is 4. The van der Waals surface area contributed by atoms with Gasteiger partial charge in [-0.05, 0) is 41.0 Å². The lowest BCUT2D eigenvalue weighted by atomic mass is 10.2. The molecule has 1 aromatic carbocycles. The first kappa shape index (κ1) is 16.9. The summed E-state index contributed by atoms with van der Waals surface area (Å²) in [4.78, 5) is 0. The summed E-state index contributed by atoms with van der Waals surface area (Å²) >= 11 is 6.84. The number of halogens is 2. The van der Waals surface area contributed by atoms with Crippen LogP contribution in [-0.4, -0.2) is 27.8 Å². The molecule has 0 bridgehead atoms. The summed E-state index contributed by atoms with van der Waals surface area (Å²) in [5.41, 5.74) is 0.986. The number of benzene rings is 1. The van der Waals surface area contributed by atoms with Gasteiger partial charge in [0, 0.05) is 16.6 Å². The van der Waals surface area contributed by atoms with Crippen molar-refractivity contribution >= 4 is 41.9 Å². The van der Waals surface area contributed by atoms with Crippen LogP contribution >= 0.6 is 31.9 Å². The lowest BCUT2D eigenvalue weighted by molar-refractivity contribution is 0.405. The minimum absolute atomic E-state index is 0.0146. The molecule has 19 heavy (non-hydrogen) atoms. The van der Waals surface area contributed by atoms with E-state index in [0.29, 0.717) is 19.5 Å². The Morgan fingerprint density at radius 2 is 2.05 bits per heavy atom. The van der Waals surface area contributed by atoms with Gasteiger partial charge >= 0.3 is 0 Å². The molecular formula is C11H16Br2N2O3S. The fourth-order valence-electron chi connectivity index (χ4n) is 1.59. The Labute approximate surface area is 130 Å². The lowest BCUT2D eigenvalue weighted by Crippen LogP contribution is -2.22. The first-order valence-electron chi connectivity index (χ1n) is 5.56. The zero-order chi connectivity index (χ0) is 14.5. The molecule has 0 unspecified atom stereocenters. The van der Waals surface area contributed by atoms with Crippen LogP contribution in [0.15, 0.2) is 21.1 Å². The number of rotatable bonds is 7. The highest BCUT2D eigenvalue weighted by Gasteiger charge is 2.09. The summed E-state index contributed by atoms with van der Waals surface area (Å²) in [7, 11) is -1.77. The van der Waals surface area contributed by atoms with Crippen LogP contribution in [0.4, 0.5) is 0 Å². The Kier molecular flexibility index (Phi) is 6.75. The number of nitrogens with one attached hydrogen (secondary N) is 1. The van der Waals surface area contributed by atoms with E-state index < -0.39 is 10.0 Å². The highest BCUT2D eigenvalue weighted by Crippen LogP contribution is 2.32. The van der Waals surface area contributed by atoms with Crippen molar-refractivity contribution in [3.63, 3.8) is 0 Å². The molecule has 108 valence electrons. The molecule has 5 nitrogen and oxygen atoms in total. The van der Waals surface area contributed by atoms with Crippen LogP contribution < -0.4 is 15.2 Å². The van der Waals surface area contributed by atoms with Crippen molar-refractivity contribution in [2.45, 2.75) is 13.0 Å². The van der Waals surface area contributed by atoms with E-state index in [0.717, 1.165) is 20.3 Å². The molecule has 0 aliphatic heterocycles. The molecule has 0 heterocycles. The summed E-state index contributed by atoms with van der Waals surface area (Å²) in [6.45, 7) is 1.16. The number of ether oxygens (including phenoxy) is 1. The molecule has 0 atom stereocenters. The molecule has 0 aliphatic rings. The van der Waals surface area contributed by atoms with Crippen LogP contribution in [0.5, 0.6) is 5.75 Å².